The quantitative estimate of drug-likeness (QED) is 0.512. The number of aromatic nitrogens is 1. The van der Waals surface area contributed by atoms with Crippen molar-refractivity contribution in [3.63, 3.8) is 0 Å². The third kappa shape index (κ3) is 3.49. The monoisotopic (exact) mass is 382 g/mol. The van der Waals surface area contributed by atoms with Crippen LogP contribution >= 0.6 is 22.9 Å². The van der Waals surface area contributed by atoms with Crippen LogP contribution in [0.5, 0.6) is 5.75 Å². The van der Waals surface area contributed by atoms with Gasteiger partial charge in [0.1, 0.15) is 5.75 Å². The second-order valence-corrected chi connectivity index (χ2v) is 7.37. The summed E-state index contributed by atoms with van der Waals surface area (Å²) in [5, 5.41) is 6.19. The van der Waals surface area contributed by atoms with Crippen molar-refractivity contribution >= 4 is 55.0 Å². The van der Waals surface area contributed by atoms with Crippen molar-refractivity contribution in [2.45, 2.75) is 6.92 Å². The summed E-state index contributed by atoms with van der Waals surface area (Å²) in [4.78, 5) is 16.6. The summed E-state index contributed by atoms with van der Waals surface area (Å²) in [5.41, 5.74) is 1.76. The van der Waals surface area contributed by atoms with Gasteiger partial charge in [-0.2, -0.15) is 0 Å². The van der Waals surface area contributed by atoms with Crippen molar-refractivity contribution < 1.29 is 9.53 Å². The van der Waals surface area contributed by atoms with Crippen LogP contribution in [0.25, 0.3) is 21.0 Å². The minimum atomic E-state index is -0.250. The maximum atomic E-state index is 12.2. The molecule has 1 aromatic heterocycles. The van der Waals surface area contributed by atoms with E-state index in [9.17, 15) is 4.79 Å². The number of amides is 1. The maximum absolute atomic E-state index is 12.2. The molecule has 0 aliphatic rings. The van der Waals surface area contributed by atoms with Gasteiger partial charge in [-0.1, -0.05) is 53.3 Å². The van der Waals surface area contributed by atoms with E-state index in [0.717, 1.165) is 26.6 Å². The number of anilines is 1. The number of hydrogen-bond donors (Lipinski definition) is 1. The Morgan fingerprint density at radius 1 is 1.15 bits per heavy atom. The fraction of sp³-hybridized carbons (Fsp3) is 0.100. The first kappa shape index (κ1) is 16.8. The number of nitrogens with one attached hydrogen (secondary N) is 1. The zero-order valence-corrected chi connectivity index (χ0v) is 15.5. The lowest BCUT2D eigenvalue weighted by molar-refractivity contribution is -0.118. The summed E-state index contributed by atoms with van der Waals surface area (Å²) in [6.07, 6.45) is 0. The molecular weight excluding hydrogens is 368 g/mol. The van der Waals surface area contributed by atoms with Crippen LogP contribution in [-0.4, -0.2) is 17.5 Å². The Morgan fingerprint density at radius 3 is 2.81 bits per heavy atom. The number of carbonyl (C=O) groups is 1. The Hall–Kier alpha value is -2.63. The largest absolute Gasteiger partial charge is 0.484 e. The molecule has 4 nitrogen and oxygen atoms in total. The van der Waals surface area contributed by atoms with Crippen LogP contribution in [-0.2, 0) is 4.79 Å². The van der Waals surface area contributed by atoms with Gasteiger partial charge in [-0.05, 0) is 47.5 Å². The smallest absolute Gasteiger partial charge is 0.264 e. The van der Waals surface area contributed by atoms with E-state index >= 15 is 0 Å². The first-order valence-corrected chi connectivity index (χ1v) is 9.26. The molecule has 0 unspecified atom stereocenters. The third-order valence-corrected chi connectivity index (χ3v) is 5.35. The predicted molar refractivity (Wildman–Crippen MR) is 107 cm³/mol. The van der Waals surface area contributed by atoms with Crippen molar-refractivity contribution in [3.8, 4) is 5.75 Å². The molecule has 3 aromatic carbocycles. The normalized spacial score (nSPS) is 11.0. The van der Waals surface area contributed by atoms with Gasteiger partial charge < -0.3 is 4.74 Å². The number of thiazole rings is 1. The maximum Gasteiger partial charge on any atom is 0.264 e. The van der Waals surface area contributed by atoms with Crippen LogP contribution in [0.4, 0.5) is 5.13 Å². The average Bonchev–Trinajstić information content (AvgIpc) is 3.01. The Bertz CT molecular complexity index is 1080. The van der Waals surface area contributed by atoms with E-state index in [2.05, 4.69) is 10.3 Å². The van der Waals surface area contributed by atoms with Gasteiger partial charge in [0.15, 0.2) is 11.7 Å². The van der Waals surface area contributed by atoms with Crippen LogP contribution in [0.15, 0.2) is 54.6 Å². The zero-order valence-electron chi connectivity index (χ0n) is 14.0. The Kier molecular flexibility index (Phi) is 4.49. The molecular formula is C20H15ClN2O2S. The molecule has 0 bridgehead atoms. The Balaban J connectivity index is 1.43. The number of nitrogens with zero attached hydrogens (tertiary/aromatic N) is 1. The summed E-state index contributed by atoms with van der Waals surface area (Å²) in [5.74, 6) is 0.408. The van der Waals surface area contributed by atoms with Crippen LogP contribution in [0, 0.1) is 6.92 Å². The van der Waals surface area contributed by atoms with Crippen molar-refractivity contribution in [3.05, 3.63) is 65.2 Å². The van der Waals surface area contributed by atoms with Gasteiger partial charge in [-0.25, -0.2) is 4.98 Å². The van der Waals surface area contributed by atoms with E-state index in [4.69, 9.17) is 16.3 Å². The molecule has 0 saturated carbocycles. The number of hydrogen-bond acceptors (Lipinski definition) is 4. The highest BCUT2D eigenvalue weighted by atomic mass is 35.5. The number of ether oxygens (including phenoxy) is 1. The van der Waals surface area contributed by atoms with Gasteiger partial charge in [0, 0.05) is 5.02 Å². The van der Waals surface area contributed by atoms with Crippen molar-refractivity contribution in [1.29, 1.82) is 0 Å². The number of rotatable bonds is 4. The van der Waals surface area contributed by atoms with Crippen molar-refractivity contribution in [1.82, 2.24) is 4.98 Å². The molecule has 0 fully saturated rings. The molecule has 0 aliphatic heterocycles. The Labute approximate surface area is 159 Å². The van der Waals surface area contributed by atoms with Gasteiger partial charge >= 0.3 is 0 Å². The van der Waals surface area contributed by atoms with E-state index in [1.807, 2.05) is 61.5 Å². The highest BCUT2D eigenvalue weighted by Gasteiger charge is 2.10. The van der Waals surface area contributed by atoms with Gasteiger partial charge in [0.05, 0.1) is 10.2 Å². The summed E-state index contributed by atoms with van der Waals surface area (Å²) in [6.45, 7) is 1.87. The lowest BCUT2D eigenvalue weighted by atomic mass is 10.1. The number of aryl methyl sites for hydroxylation is 1. The molecule has 26 heavy (non-hydrogen) atoms. The minimum Gasteiger partial charge on any atom is -0.484 e. The molecule has 0 spiro atoms. The first-order chi connectivity index (χ1) is 12.6. The molecule has 1 N–H and O–H groups in total. The van der Waals surface area contributed by atoms with E-state index in [1.54, 1.807) is 0 Å². The van der Waals surface area contributed by atoms with Crippen molar-refractivity contribution in [2.24, 2.45) is 0 Å². The Morgan fingerprint density at radius 2 is 1.96 bits per heavy atom. The standard InChI is InChI=1S/C20H15ClN2O2S/c1-12-8-18-17(10-16(12)21)22-20(26-18)23-19(24)11-25-15-7-6-13-4-2-3-5-14(13)9-15/h2-10H,11H2,1H3,(H,22,23,24). The molecule has 0 saturated heterocycles. The molecule has 1 heterocycles. The van der Waals surface area contributed by atoms with Gasteiger partial charge in [-0.3, -0.25) is 10.1 Å². The van der Waals surface area contributed by atoms with Crippen LogP contribution in [0.2, 0.25) is 5.02 Å². The minimum absolute atomic E-state index is 0.0753. The average molecular weight is 383 g/mol. The second-order valence-electron chi connectivity index (χ2n) is 5.93. The van der Waals surface area contributed by atoms with E-state index in [1.165, 1.54) is 11.3 Å². The first-order valence-electron chi connectivity index (χ1n) is 8.07. The lowest BCUT2D eigenvalue weighted by Crippen LogP contribution is -2.19. The molecule has 130 valence electrons. The molecule has 4 aromatic rings. The third-order valence-electron chi connectivity index (χ3n) is 4.01. The number of benzene rings is 3. The van der Waals surface area contributed by atoms with E-state index in [-0.39, 0.29) is 12.5 Å². The van der Waals surface area contributed by atoms with Gasteiger partial charge in [0.25, 0.3) is 5.91 Å². The SMILES string of the molecule is Cc1cc2sc(NC(=O)COc3ccc4ccccc4c3)nc2cc1Cl. The summed E-state index contributed by atoms with van der Waals surface area (Å²) >= 11 is 7.53. The second kappa shape index (κ2) is 6.94. The predicted octanol–water partition coefficient (Wildman–Crippen LogP) is 5.43. The molecule has 0 atom stereocenters. The molecule has 0 radical (unpaired) electrons. The fourth-order valence-electron chi connectivity index (χ4n) is 2.66. The number of fused-ring (bicyclic) bond motifs is 2. The summed E-state index contributed by atoms with van der Waals surface area (Å²) in [7, 11) is 0. The van der Waals surface area contributed by atoms with Gasteiger partial charge in [-0.15, -0.1) is 0 Å². The fourth-order valence-corrected chi connectivity index (χ4v) is 3.78. The van der Waals surface area contributed by atoms with Crippen molar-refractivity contribution in [2.75, 3.05) is 11.9 Å². The highest BCUT2D eigenvalue weighted by molar-refractivity contribution is 7.22. The molecule has 4 rings (SSSR count). The van der Waals surface area contributed by atoms with Gasteiger partial charge in [0.2, 0.25) is 0 Å². The van der Waals surface area contributed by atoms with Crippen LogP contribution < -0.4 is 10.1 Å². The zero-order chi connectivity index (χ0) is 18.1. The van der Waals surface area contributed by atoms with Crippen LogP contribution in [0.3, 0.4) is 0 Å². The summed E-state index contributed by atoms with van der Waals surface area (Å²) < 4.78 is 6.59. The number of carbonyl (C=O) groups excluding carboxylic acids is 1. The lowest BCUT2D eigenvalue weighted by Gasteiger charge is -2.07. The summed E-state index contributed by atoms with van der Waals surface area (Å²) in [6, 6.07) is 17.5. The van der Waals surface area contributed by atoms with E-state index in [0.29, 0.717) is 15.9 Å². The topological polar surface area (TPSA) is 51.2 Å². The molecule has 0 aliphatic carbocycles. The molecule has 6 heteroatoms. The highest BCUT2D eigenvalue weighted by Crippen LogP contribution is 2.30. The number of halogens is 1. The van der Waals surface area contributed by atoms with Crippen LogP contribution in [0.1, 0.15) is 5.56 Å². The molecule has 1 amide bonds. The van der Waals surface area contributed by atoms with E-state index < -0.39 is 0 Å².